The van der Waals surface area contributed by atoms with Crippen LogP contribution in [-0.4, -0.2) is 53.7 Å². The minimum absolute atomic E-state index is 0.00503. The fourth-order valence-corrected chi connectivity index (χ4v) is 3.32. The number of anilines is 1. The number of carbonyl (C=O) groups is 1. The molecule has 140 valence electrons. The predicted octanol–water partition coefficient (Wildman–Crippen LogP) is 2.54. The molecule has 5 nitrogen and oxygen atoms in total. The van der Waals surface area contributed by atoms with Gasteiger partial charge in [-0.15, -0.1) is 0 Å². The number of hydrogen-bond acceptors (Lipinski definition) is 4. The summed E-state index contributed by atoms with van der Waals surface area (Å²) in [6.45, 7) is 8.72. The second-order valence-corrected chi connectivity index (χ2v) is 7.59. The van der Waals surface area contributed by atoms with Crippen molar-refractivity contribution in [3.63, 3.8) is 0 Å². The quantitative estimate of drug-likeness (QED) is 0.632. The van der Waals surface area contributed by atoms with Crippen molar-refractivity contribution >= 4 is 11.6 Å². The summed E-state index contributed by atoms with van der Waals surface area (Å²) in [4.78, 5) is 14.8. The number of amides is 1. The maximum Gasteiger partial charge on any atom is 0.245 e. The summed E-state index contributed by atoms with van der Waals surface area (Å²) >= 11 is 0. The van der Waals surface area contributed by atoms with Gasteiger partial charge in [-0.25, -0.2) is 0 Å². The van der Waals surface area contributed by atoms with Crippen molar-refractivity contribution in [3.05, 3.63) is 29.8 Å². The van der Waals surface area contributed by atoms with Crippen LogP contribution in [-0.2, 0) is 4.79 Å². The molecule has 1 aromatic rings. The minimum atomic E-state index is -0.659. The summed E-state index contributed by atoms with van der Waals surface area (Å²) in [5, 5.41) is 15.8. The van der Waals surface area contributed by atoms with Crippen LogP contribution in [0.3, 0.4) is 0 Å². The molecule has 1 atom stereocenters. The third kappa shape index (κ3) is 6.01. The van der Waals surface area contributed by atoms with Gasteiger partial charge in [-0.2, -0.15) is 0 Å². The number of aliphatic hydroxyl groups is 1. The lowest BCUT2D eigenvalue weighted by molar-refractivity contribution is -0.124. The Labute approximate surface area is 151 Å². The van der Waals surface area contributed by atoms with Crippen molar-refractivity contribution in [1.29, 1.82) is 0 Å². The van der Waals surface area contributed by atoms with Crippen molar-refractivity contribution in [3.8, 4) is 0 Å². The number of aryl methyl sites for hydroxylation is 1. The summed E-state index contributed by atoms with van der Waals surface area (Å²) in [6, 6.07) is 8.36. The zero-order chi connectivity index (χ0) is 18.3. The van der Waals surface area contributed by atoms with Gasteiger partial charge >= 0.3 is 0 Å². The summed E-state index contributed by atoms with van der Waals surface area (Å²) in [5.74, 6) is 0.00503. The number of aliphatic hydroxyl groups excluding tert-OH is 1. The number of nitrogens with one attached hydrogen (secondary N) is 2. The maximum atomic E-state index is 12.5. The molecule has 25 heavy (non-hydrogen) atoms. The number of likely N-dealkylation sites (tertiary alicyclic amines) is 1. The average Bonchev–Trinajstić information content (AvgIpc) is 2.60. The van der Waals surface area contributed by atoms with Gasteiger partial charge in [0, 0.05) is 24.8 Å². The Morgan fingerprint density at radius 3 is 2.68 bits per heavy atom. The molecular formula is C20H33N3O2. The Balaban J connectivity index is 1.73. The number of carbonyl (C=O) groups excluding carboxylic acids is 1. The fraction of sp³-hybridized carbons (Fsp3) is 0.650. The van der Waals surface area contributed by atoms with Crippen molar-refractivity contribution in [1.82, 2.24) is 10.2 Å². The van der Waals surface area contributed by atoms with E-state index in [0.29, 0.717) is 12.6 Å². The second-order valence-electron chi connectivity index (χ2n) is 7.59. The third-order valence-corrected chi connectivity index (χ3v) is 4.94. The van der Waals surface area contributed by atoms with Gasteiger partial charge in [-0.05, 0) is 58.7 Å². The van der Waals surface area contributed by atoms with Crippen molar-refractivity contribution < 1.29 is 9.90 Å². The summed E-state index contributed by atoms with van der Waals surface area (Å²) in [6.07, 6.45) is 4.40. The van der Waals surface area contributed by atoms with E-state index in [1.165, 1.54) is 18.4 Å². The smallest absolute Gasteiger partial charge is 0.245 e. The molecule has 3 N–H and O–H groups in total. The van der Waals surface area contributed by atoms with Crippen LogP contribution in [0.5, 0.6) is 0 Å². The molecule has 1 aliphatic rings. The molecule has 2 rings (SSSR count). The Morgan fingerprint density at radius 1 is 1.28 bits per heavy atom. The first-order valence-electron chi connectivity index (χ1n) is 9.40. The average molecular weight is 348 g/mol. The van der Waals surface area contributed by atoms with E-state index in [4.69, 9.17) is 0 Å². The predicted molar refractivity (Wildman–Crippen MR) is 103 cm³/mol. The van der Waals surface area contributed by atoms with E-state index in [1.807, 2.05) is 45.0 Å². The first-order chi connectivity index (χ1) is 11.9. The van der Waals surface area contributed by atoms with Gasteiger partial charge in [0.25, 0.3) is 0 Å². The van der Waals surface area contributed by atoms with Gasteiger partial charge in [0.1, 0.15) is 5.54 Å². The highest BCUT2D eigenvalue weighted by Gasteiger charge is 2.27. The summed E-state index contributed by atoms with van der Waals surface area (Å²) in [7, 11) is 0. The van der Waals surface area contributed by atoms with E-state index < -0.39 is 5.54 Å². The molecule has 0 aromatic heterocycles. The Morgan fingerprint density at radius 2 is 2.00 bits per heavy atom. The van der Waals surface area contributed by atoms with E-state index in [1.54, 1.807) is 0 Å². The van der Waals surface area contributed by atoms with Crippen LogP contribution in [0.1, 0.15) is 45.1 Å². The van der Waals surface area contributed by atoms with Crippen molar-refractivity contribution in [2.75, 3.05) is 31.6 Å². The SMILES string of the molecule is Cc1ccc(NC(C)(C)C(=O)NCCCN2CCCCC2CO)cc1. The van der Waals surface area contributed by atoms with Crippen molar-refractivity contribution in [2.24, 2.45) is 0 Å². The van der Waals surface area contributed by atoms with Crippen LogP contribution < -0.4 is 10.6 Å². The number of nitrogens with zero attached hydrogens (tertiary/aromatic N) is 1. The molecule has 1 heterocycles. The molecule has 0 bridgehead atoms. The molecule has 0 radical (unpaired) electrons. The van der Waals surface area contributed by atoms with Crippen molar-refractivity contribution in [2.45, 2.75) is 58.0 Å². The van der Waals surface area contributed by atoms with E-state index in [2.05, 4.69) is 15.5 Å². The monoisotopic (exact) mass is 347 g/mol. The van der Waals surface area contributed by atoms with Gasteiger partial charge in [0.2, 0.25) is 5.91 Å². The Bertz CT molecular complexity index is 542. The van der Waals surface area contributed by atoms with Crippen LogP contribution in [0.25, 0.3) is 0 Å². The van der Waals surface area contributed by atoms with E-state index >= 15 is 0 Å². The lowest BCUT2D eigenvalue weighted by Crippen LogP contribution is -2.49. The topological polar surface area (TPSA) is 64.6 Å². The molecule has 1 saturated heterocycles. The molecule has 0 aliphatic carbocycles. The number of rotatable bonds is 8. The standard InChI is InChI=1S/C20H33N3O2/c1-16-8-10-17(11-9-16)22-20(2,3)19(25)21-12-6-14-23-13-5-4-7-18(23)15-24/h8-11,18,22,24H,4-7,12-15H2,1-3H3,(H,21,25). The lowest BCUT2D eigenvalue weighted by Gasteiger charge is -2.34. The highest BCUT2D eigenvalue weighted by atomic mass is 16.3. The van der Waals surface area contributed by atoms with Gasteiger partial charge in [0.15, 0.2) is 0 Å². The maximum absolute atomic E-state index is 12.5. The lowest BCUT2D eigenvalue weighted by atomic mass is 10.0. The molecular weight excluding hydrogens is 314 g/mol. The third-order valence-electron chi connectivity index (χ3n) is 4.94. The van der Waals surface area contributed by atoms with E-state index in [-0.39, 0.29) is 12.5 Å². The molecule has 1 fully saturated rings. The van der Waals surface area contributed by atoms with Crippen LogP contribution in [0.4, 0.5) is 5.69 Å². The molecule has 1 amide bonds. The molecule has 5 heteroatoms. The Hall–Kier alpha value is -1.59. The second kappa shape index (κ2) is 9.20. The number of benzene rings is 1. The van der Waals surface area contributed by atoms with Crippen LogP contribution in [0, 0.1) is 6.92 Å². The van der Waals surface area contributed by atoms with Gasteiger partial charge in [0.05, 0.1) is 6.61 Å². The number of hydrogen-bond donors (Lipinski definition) is 3. The first kappa shape index (κ1) is 19.7. The Kier molecular flexibility index (Phi) is 7.26. The fourth-order valence-electron chi connectivity index (χ4n) is 3.32. The number of piperidine rings is 1. The minimum Gasteiger partial charge on any atom is -0.395 e. The summed E-state index contributed by atoms with van der Waals surface area (Å²) in [5.41, 5.74) is 1.49. The van der Waals surface area contributed by atoms with E-state index in [9.17, 15) is 9.90 Å². The van der Waals surface area contributed by atoms with Crippen LogP contribution in [0.15, 0.2) is 24.3 Å². The van der Waals surface area contributed by atoms with Gasteiger partial charge in [-0.1, -0.05) is 24.1 Å². The normalized spacial score (nSPS) is 18.8. The van der Waals surface area contributed by atoms with Gasteiger partial charge < -0.3 is 15.7 Å². The summed E-state index contributed by atoms with van der Waals surface area (Å²) < 4.78 is 0. The molecule has 1 unspecified atom stereocenters. The van der Waals surface area contributed by atoms with Crippen LogP contribution >= 0.6 is 0 Å². The largest absolute Gasteiger partial charge is 0.395 e. The zero-order valence-electron chi connectivity index (χ0n) is 15.8. The molecule has 0 spiro atoms. The zero-order valence-corrected chi connectivity index (χ0v) is 15.8. The first-order valence-corrected chi connectivity index (χ1v) is 9.40. The molecule has 1 aliphatic heterocycles. The van der Waals surface area contributed by atoms with Gasteiger partial charge in [-0.3, -0.25) is 9.69 Å². The van der Waals surface area contributed by atoms with Crippen LogP contribution in [0.2, 0.25) is 0 Å². The molecule has 0 saturated carbocycles. The van der Waals surface area contributed by atoms with E-state index in [0.717, 1.165) is 31.6 Å². The molecule has 1 aromatic carbocycles. The highest BCUT2D eigenvalue weighted by Crippen LogP contribution is 2.17. The highest BCUT2D eigenvalue weighted by molar-refractivity contribution is 5.88.